The predicted molar refractivity (Wildman–Crippen MR) is 45.6 cm³/mol. The van der Waals surface area contributed by atoms with Crippen molar-refractivity contribution in [3.8, 4) is 5.75 Å². The zero-order valence-electron chi connectivity index (χ0n) is 6.65. The molecule has 0 saturated heterocycles. The van der Waals surface area contributed by atoms with Gasteiger partial charge < -0.3 is 4.74 Å². The highest BCUT2D eigenvalue weighted by molar-refractivity contribution is 9.10. The molecule has 1 rings (SSSR count). The Morgan fingerprint density at radius 3 is 2.46 bits per heavy atom. The van der Waals surface area contributed by atoms with Crippen LogP contribution in [0.15, 0.2) is 22.7 Å². The summed E-state index contributed by atoms with van der Waals surface area (Å²) in [6.07, 6.45) is -4.63. The van der Waals surface area contributed by atoms with E-state index in [1.54, 1.807) is 13.0 Å². The van der Waals surface area contributed by atoms with Gasteiger partial charge in [-0.3, -0.25) is 0 Å². The van der Waals surface area contributed by atoms with Gasteiger partial charge in [0.15, 0.2) is 0 Å². The molecule has 0 aliphatic rings. The molecule has 0 amide bonds. The lowest BCUT2D eigenvalue weighted by molar-refractivity contribution is -0.274. The van der Waals surface area contributed by atoms with Crippen molar-refractivity contribution < 1.29 is 17.9 Å². The highest BCUT2D eigenvalue weighted by Gasteiger charge is 2.31. The molecule has 0 saturated carbocycles. The lowest BCUT2D eigenvalue weighted by Crippen LogP contribution is -2.17. The normalized spacial score (nSPS) is 11.5. The molecule has 0 fully saturated rings. The average Bonchev–Trinajstić information content (AvgIpc) is 1.96. The zero-order valence-corrected chi connectivity index (χ0v) is 8.24. The molecular formula is C8H6BrF3O. The fourth-order valence-electron chi connectivity index (χ4n) is 0.823. The number of hydrogen-bond acceptors (Lipinski definition) is 1. The topological polar surface area (TPSA) is 9.23 Å². The lowest BCUT2D eigenvalue weighted by Gasteiger charge is -2.11. The first kappa shape index (κ1) is 10.4. The summed E-state index contributed by atoms with van der Waals surface area (Å²) < 4.78 is 39.8. The molecule has 13 heavy (non-hydrogen) atoms. The number of halogens is 4. The first-order valence-electron chi connectivity index (χ1n) is 3.41. The summed E-state index contributed by atoms with van der Waals surface area (Å²) in [5.41, 5.74) is 0.430. The van der Waals surface area contributed by atoms with Gasteiger partial charge in [-0.05, 0) is 19.1 Å². The van der Waals surface area contributed by atoms with Crippen LogP contribution in [0.2, 0.25) is 0 Å². The summed E-state index contributed by atoms with van der Waals surface area (Å²) in [6.45, 7) is 1.55. The van der Waals surface area contributed by atoms with E-state index in [1.165, 1.54) is 12.1 Å². The molecule has 72 valence electrons. The van der Waals surface area contributed by atoms with Crippen molar-refractivity contribution in [3.05, 3.63) is 28.2 Å². The summed E-state index contributed by atoms with van der Waals surface area (Å²) >= 11 is 3.11. The van der Waals surface area contributed by atoms with E-state index >= 15 is 0 Å². The largest absolute Gasteiger partial charge is 0.573 e. The van der Waals surface area contributed by atoms with Gasteiger partial charge in [0.2, 0.25) is 0 Å². The van der Waals surface area contributed by atoms with E-state index in [9.17, 15) is 13.2 Å². The Morgan fingerprint density at radius 2 is 1.92 bits per heavy atom. The minimum Gasteiger partial charge on any atom is -0.405 e. The molecule has 0 N–H and O–H groups in total. The maximum atomic E-state index is 11.8. The van der Waals surface area contributed by atoms with Gasteiger partial charge in [-0.15, -0.1) is 13.2 Å². The molecule has 1 aromatic carbocycles. The molecule has 0 bridgehead atoms. The molecule has 0 atom stereocenters. The van der Waals surface area contributed by atoms with Crippen molar-refractivity contribution in [2.45, 2.75) is 13.3 Å². The summed E-state index contributed by atoms with van der Waals surface area (Å²) in [5.74, 6) is -0.179. The maximum absolute atomic E-state index is 11.8. The maximum Gasteiger partial charge on any atom is 0.573 e. The third-order valence-electron chi connectivity index (χ3n) is 1.44. The van der Waals surface area contributed by atoms with E-state index in [-0.39, 0.29) is 5.75 Å². The number of rotatable bonds is 1. The van der Waals surface area contributed by atoms with Crippen molar-refractivity contribution in [3.63, 3.8) is 0 Å². The van der Waals surface area contributed by atoms with Gasteiger partial charge in [-0.1, -0.05) is 22.0 Å². The molecular weight excluding hydrogens is 249 g/mol. The fourth-order valence-corrected chi connectivity index (χ4v) is 1.17. The Morgan fingerprint density at radius 1 is 1.31 bits per heavy atom. The van der Waals surface area contributed by atoms with Crippen LogP contribution in [0.25, 0.3) is 0 Å². The van der Waals surface area contributed by atoms with E-state index in [0.29, 0.717) is 10.0 Å². The van der Waals surface area contributed by atoms with Crippen molar-refractivity contribution in [1.82, 2.24) is 0 Å². The van der Waals surface area contributed by atoms with Crippen LogP contribution in [0.4, 0.5) is 13.2 Å². The Bertz CT molecular complexity index is 309. The van der Waals surface area contributed by atoms with Crippen molar-refractivity contribution in [2.75, 3.05) is 0 Å². The van der Waals surface area contributed by atoms with Crippen LogP contribution in [0, 0.1) is 6.92 Å². The molecule has 0 aliphatic heterocycles. The molecule has 0 radical (unpaired) electrons. The Kier molecular flexibility index (Phi) is 2.85. The monoisotopic (exact) mass is 254 g/mol. The molecule has 5 heteroatoms. The first-order chi connectivity index (χ1) is 5.90. The van der Waals surface area contributed by atoms with E-state index in [2.05, 4.69) is 20.7 Å². The summed E-state index contributed by atoms with van der Waals surface area (Å²) in [6, 6.07) is 4.41. The minimum atomic E-state index is -4.63. The van der Waals surface area contributed by atoms with Crippen LogP contribution in [0.5, 0.6) is 5.75 Å². The smallest absolute Gasteiger partial charge is 0.405 e. The molecule has 1 nitrogen and oxygen atoms in total. The van der Waals surface area contributed by atoms with Crippen LogP contribution >= 0.6 is 15.9 Å². The highest BCUT2D eigenvalue weighted by atomic mass is 79.9. The summed E-state index contributed by atoms with van der Waals surface area (Å²) in [4.78, 5) is 0. The molecule has 0 heterocycles. The SMILES string of the molecule is Cc1c(Br)cccc1OC(F)(F)F. The zero-order chi connectivity index (χ0) is 10.1. The van der Waals surface area contributed by atoms with E-state index in [0.717, 1.165) is 0 Å². The van der Waals surface area contributed by atoms with E-state index < -0.39 is 6.36 Å². The van der Waals surface area contributed by atoms with Gasteiger partial charge in [-0.25, -0.2) is 0 Å². The lowest BCUT2D eigenvalue weighted by atomic mass is 10.2. The van der Waals surface area contributed by atoms with Crippen molar-refractivity contribution in [1.29, 1.82) is 0 Å². The van der Waals surface area contributed by atoms with Crippen molar-refractivity contribution >= 4 is 15.9 Å². The number of hydrogen-bond donors (Lipinski definition) is 0. The molecule has 0 unspecified atom stereocenters. The third-order valence-corrected chi connectivity index (χ3v) is 2.30. The molecule has 0 spiro atoms. The second-order valence-electron chi connectivity index (χ2n) is 2.41. The quantitative estimate of drug-likeness (QED) is 0.744. The fraction of sp³-hybridized carbons (Fsp3) is 0.250. The second kappa shape index (κ2) is 3.57. The van der Waals surface area contributed by atoms with Gasteiger partial charge in [-0.2, -0.15) is 0 Å². The van der Waals surface area contributed by atoms with Crippen LogP contribution < -0.4 is 4.74 Å². The Hall–Kier alpha value is -0.710. The predicted octanol–water partition coefficient (Wildman–Crippen LogP) is 3.66. The van der Waals surface area contributed by atoms with E-state index in [4.69, 9.17) is 0 Å². The molecule has 0 aliphatic carbocycles. The second-order valence-corrected chi connectivity index (χ2v) is 3.27. The van der Waals surface area contributed by atoms with Gasteiger partial charge >= 0.3 is 6.36 Å². The number of alkyl halides is 3. The Labute approximate surface area is 81.6 Å². The van der Waals surface area contributed by atoms with Crippen LogP contribution in [-0.4, -0.2) is 6.36 Å². The number of ether oxygens (including phenoxy) is 1. The van der Waals surface area contributed by atoms with Crippen LogP contribution in [0.3, 0.4) is 0 Å². The number of benzene rings is 1. The summed E-state index contributed by atoms with van der Waals surface area (Å²) in [5, 5.41) is 0. The van der Waals surface area contributed by atoms with Gasteiger partial charge in [0.25, 0.3) is 0 Å². The highest BCUT2D eigenvalue weighted by Crippen LogP contribution is 2.29. The molecule has 1 aromatic rings. The van der Waals surface area contributed by atoms with Gasteiger partial charge in [0, 0.05) is 10.0 Å². The molecule has 0 aromatic heterocycles. The standard InChI is InChI=1S/C8H6BrF3O/c1-5-6(9)3-2-4-7(5)13-8(10,11)12/h2-4H,1H3. The van der Waals surface area contributed by atoms with Crippen molar-refractivity contribution in [2.24, 2.45) is 0 Å². The third kappa shape index (κ3) is 2.91. The first-order valence-corrected chi connectivity index (χ1v) is 4.20. The minimum absolute atomic E-state index is 0.179. The van der Waals surface area contributed by atoms with E-state index in [1.807, 2.05) is 0 Å². The summed E-state index contributed by atoms with van der Waals surface area (Å²) in [7, 11) is 0. The van der Waals surface area contributed by atoms with Crippen LogP contribution in [-0.2, 0) is 0 Å². The van der Waals surface area contributed by atoms with Gasteiger partial charge in [0.1, 0.15) is 5.75 Å². The van der Waals surface area contributed by atoms with Crippen LogP contribution in [0.1, 0.15) is 5.56 Å². The van der Waals surface area contributed by atoms with Gasteiger partial charge in [0.05, 0.1) is 0 Å². The Balaban J connectivity index is 2.96. The average molecular weight is 255 g/mol.